The van der Waals surface area contributed by atoms with Crippen LogP contribution in [0.3, 0.4) is 0 Å². The molecule has 1 atom stereocenters. The van der Waals surface area contributed by atoms with Gasteiger partial charge in [-0.3, -0.25) is 4.79 Å². The molecule has 0 bridgehead atoms. The van der Waals surface area contributed by atoms with E-state index in [9.17, 15) is 4.79 Å². The van der Waals surface area contributed by atoms with Crippen LogP contribution in [0.5, 0.6) is 5.75 Å². The van der Waals surface area contributed by atoms with Crippen LogP contribution >= 0.6 is 0 Å². The van der Waals surface area contributed by atoms with E-state index in [2.05, 4.69) is 31.3 Å². The predicted molar refractivity (Wildman–Crippen MR) is 77.2 cm³/mol. The zero-order valence-electron chi connectivity index (χ0n) is 11.8. The molecule has 0 fully saturated rings. The van der Waals surface area contributed by atoms with Crippen LogP contribution in [0.25, 0.3) is 0 Å². The van der Waals surface area contributed by atoms with E-state index in [4.69, 9.17) is 10.5 Å². The van der Waals surface area contributed by atoms with Crippen molar-refractivity contribution in [3.05, 3.63) is 29.8 Å². The van der Waals surface area contributed by atoms with Crippen molar-refractivity contribution in [1.82, 2.24) is 5.32 Å². The maximum Gasteiger partial charge on any atom is 0.220 e. The molecule has 1 aromatic rings. The highest BCUT2D eigenvalue weighted by Gasteiger charge is 2.03. The summed E-state index contributed by atoms with van der Waals surface area (Å²) in [7, 11) is 0. The number of amides is 1. The number of primary amides is 1. The van der Waals surface area contributed by atoms with E-state index in [1.165, 1.54) is 5.56 Å². The first-order valence-corrected chi connectivity index (χ1v) is 6.85. The summed E-state index contributed by atoms with van der Waals surface area (Å²) in [6, 6.07) is 8.46. The molecule has 3 N–H and O–H groups in total. The van der Waals surface area contributed by atoms with Gasteiger partial charge in [0, 0.05) is 6.04 Å². The smallest absolute Gasteiger partial charge is 0.220 e. The van der Waals surface area contributed by atoms with E-state index in [0.717, 1.165) is 25.1 Å². The third-order valence-corrected chi connectivity index (χ3v) is 2.83. The van der Waals surface area contributed by atoms with E-state index < -0.39 is 0 Å². The Morgan fingerprint density at radius 3 is 2.63 bits per heavy atom. The van der Waals surface area contributed by atoms with Crippen LogP contribution in [-0.4, -0.2) is 25.1 Å². The predicted octanol–water partition coefficient (Wildman–Crippen LogP) is 1.87. The van der Waals surface area contributed by atoms with Gasteiger partial charge >= 0.3 is 0 Å². The maximum atomic E-state index is 10.6. The van der Waals surface area contributed by atoms with E-state index in [-0.39, 0.29) is 12.3 Å². The Kier molecular flexibility index (Phi) is 6.97. The number of nitrogens with one attached hydrogen (secondary N) is 1. The molecule has 4 nitrogen and oxygen atoms in total. The third-order valence-electron chi connectivity index (χ3n) is 2.83. The summed E-state index contributed by atoms with van der Waals surface area (Å²) in [5, 5.41) is 3.46. The molecule has 1 amide bonds. The van der Waals surface area contributed by atoms with E-state index >= 15 is 0 Å². The van der Waals surface area contributed by atoms with Crippen molar-refractivity contribution < 1.29 is 9.53 Å². The van der Waals surface area contributed by atoms with Crippen molar-refractivity contribution in [2.24, 2.45) is 5.73 Å². The number of benzene rings is 1. The Morgan fingerprint density at radius 1 is 1.37 bits per heavy atom. The average Bonchev–Trinajstić information content (AvgIpc) is 2.38. The molecule has 106 valence electrons. The van der Waals surface area contributed by atoms with Gasteiger partial charge in [0.05, 0.1) is 13.0 Å². The van der Waals surface area contributed by atoms with Crippen molar-refractivity contribution in [2.75, 3.05) is 13.2 Å². The van der Waals surface area contributed by atoms with Gasteiger partial charge in [0.15, 0.2) is 0 Å². The number of carbonyl (C=O) groups is 1. The lowest BCUT2D eigenvalue weighted by atomic mass is 10.1. The second-order valence-electron chi connectivity index (χ2n) is 4.77. The number of carbonyl (C=O) groups excluding carboxylic acids is 1. The number of hydrogen-bond acceptors (Lipinski definition) is 3. The van der Waals surface area contributed by atoms with Crippen LogP contribution in [0.4, 0.5) is 0 Å². The number of nitrogens with two attached hydrogens (primary N) is 1. The van der Waals surface area contributed by atoms with Crippen LogP contribution in [0, 0.1) is 0 Å². The molecule has 1 aromatic carbocycles. The Labute approximate surface area is 115 Å². The third kappa shape index (κ3) is 6.82. The Hall–Kier alpha value is -1.55. The largest absolute Gasteiger partial charge is 0.493 e. The summed E-state index contributed by atoms with van der Waals surface area (Å²) < 4.78 is 5.43. The first-order valence-electron chi connectivity index (χ1n) is 6.85. The lowest BCUT2D eigenvalue weighted by Crippen LogP contribution is -2.28. The molecule has 0 saturated heterocycles. The zero-order valence-corrected chi connectivity index (χ0v) is 11.8. The summed E-state index contributed by atoms with van der Waals surface area (Å²) in [5.41, 5.74) is 6.33. The van der Waals surface area contributed by atoms with Gasteiger partial charge < -0.3 is 15.8 Å². The van der Waals surface area contributed by atoms with Crippen LogP contribution in [0.15, 0.2) is 24.3 Å². The van der Waals surface area contributed by atoms with Gasteiger partial charge in [0.1, 0.15) is 5.75 Å². The molecule has 0 aliphatic rings. The topological polar surface area (TPSA) is 64.3 Å². The van der Waals surface area contributed by atoms with Crippen LogP contribution in [0.1, 0.15) is 32.3 Å². The van der Waals surface area contributed by atoms with E-state index in [0.29, 0.717) is 12.6 Å². The normalized spacial score (nSPS) is 12.1. The minimum absolute atomic E-state index is 0.250. The summed E-state index contributed by atoms with van der Waals surface area (Å²) in [6.45, 7) is 5.74. The molecular weight excluding hydrogens is 240 g/mol. The van der Waals surface area contributed by atoms with Gasteiger partial charge in [0.25, 0.3) is 0 Å². The lowest BCUT2D eigenvalue weighted by molar-refractivity contribution is -0.118. The fourth-order valence-corrected chi connectivity index (χ4v) is 1.81. The molecular formula is C15H24N2O2. The van der Waals surface area contributed by atoms with Crippen LogP contribution < -0.4 is 15.8 Å². The average molecular weight is 264 g/mol. The number of rotatable bonds is 9. The highest BCUT2D eigenvalue weighted by Crippen LogP contribution is 2.13. The van der Waals surface area contributed by atoms with Gasteiger partial charge in [-0.05, 0) is 44.0 Å². The summed E-state index contributed by atoms with van der Waals surface area (Å²) in [4.78, 5) is 10.6. The Balaban J connectivity index is 2.36. The van der Waals surface area contributed by atoms with Crippen LogP contribution in [-0.2, 0) is 11.2 Å². The molecule has 4 heteroatoms. The Bertz CT molecular complexity index is 376. The Morgan fingerprint density at radius 2 is 2.05 bits per heavy atom. The lowest BCUT2D eigenvalue weighted by Gasteiger charge is -2.13. The fraction of sp³-hybridized carbons (Fsp3) is 0.533. The molecule has 0 aromatic heterocycles. The van der Waals surface area contributed by atoms with Crippen molar-refractivity contribution in [2.45, 2.75) is 39.2 Å². The van der Waals surface area contributed by atoms with E-state index in [1.807, 2.05) is 12.1 Å². The van der Waals surface area contributed by atoms with E-state index in [1.54, 1.807) is 0 Å². The van der Waals surface area contributed by atoms with Gasteiger partial charge in [0.2, 0.25) is 5.91 Å². The first-order chi connectivity index (χ1) is 9.11. The quantitative estimate of drug-likeness (QED) is 0.715. The maximum absolute atomic E-state index is 10.6. The van der Waals surface area contributed by atoms with Crippen molar-refractivity contribution >= 4 is 5.91 Å². The second-order valence-corrected chi connectivity index (χ2v) is 4.77. The highest BCUT2D eigenvalue weighted by molar-refractivity contribution is 5.73. The first kappa shape index (κ1) is 15.5. The standard InChI is InChI=1S/C15H24N2O2/c1-3-9-17-12(2)11-13-4-6-14(7-5-13)19-10-8-15(16)18/h4-7,12,17H,3,8-11H2,1-2H3,(H2,16,18). The van der Waals surface area contributed by atoms with Crippen molar-refractivity contribution in [1.29, 1.82) is 0 Å². The molecule has 0 heterocycles. The molecule has 0 spiro atoms. The molecule has 0 radical (unpaired) electrons. The van der Waals surface area contributed by atoms with Crippen LogP contribution in [0.2, 0.25) is 0 Å². The number of hydrogen-bond donors (Lipinski definition) is 2. The number of ether oxygens (including phenoxy) is 1. The molecule has 0 aliphatic carbocycles. The van der Waals surface area contributed by atoms with Crippen molar-refractivity contribution in [3.8, 4) is 5.75 Å². The van der Waals surface area contributed by atoms with Crippen molar-refractivity contribution in [3.63, 3.8) is 0 Å². The molecule has 19 heavy (non-hydrogen) atoms. The molecule has 1 unspecified atom stereocenters. The van der Waals surface area contributed by atoms with Gasteiger partial charge in [-0.15, -0.1) is 0 Å². The highest BCUT2D eigenvalue weighted by atomic mass is 16.5. The van der Waals surface area contributed by atoms with Gasteiger partial charge in [-0.25, -0.2) is 0 Å². The SMILES string of the molecule is CCCNC(C)Cc1ccc(OCCC(N)=O)cc1. The summed E-state index contributed by atoms with van der Waals surface area (Å²) in [6.07, 6.45) is 2.40. The monoisotopic (exact) mass is 264 g/mol. The minimum atomic E-state index is -0.340. The van der Waals surface area contributed by atoms with Gasteiger partial charge in [-0.2, -0.15) is 0 Å². The molecule has 1 rings (SSSR count). The fourth-order valence-electron chi connectivity index (χ4n) is 1.81. The zero-order chi connectivity index (χ0) is 14.1. The summed E-state index contributed by atoms with van der Waals surface area (Å²) in [5.74, 6) is 0.437. The second kappa shape index (κ2) is 8.53. The summed E-state index contributed by atoms with van der Waals surface area (Å²) >= 11 is 0. The molecule has 0 saturated carbocycles. The van der Waals surface area contributed by atoms with Gasteiger partial charge in [-0.1, -0.05) is 19.1 Å². The molecule has 0 aliphatic heterocycles. The minimum Gasteiger partial charge on any atom is -0.493 e.